The summed E-state index contributed by atoms with van der Waals surface area (Å²) in [6.45, 7) is 1.24. The second-order valence-corrected chi connectivity index (χ2v) is 12.7. The van der Waals surface area contributed by atoms with Gasteiger partial charge in [-0.15, -0.1) is 6.42 Å². The van der Waals surface area contributed by atoms with Gasteiger partial charge in [0.1, 0.15) is 59.5 Å². The van der Waals surface area contributed by atoms with Gasteiger partial charge in [0, 0.05) is 37.0 Å². The maximum Gasteiger partial charge on any atom is 0.319 e. The summed E-state index contributed by atoms with van der Waals surface area (Å²) < 4.78 is 73.9. The molecular weight excluding hydrogens is 602 g/mol. The van der Waals surface area contributed by atoms with Crippen LogP contribution in [-0.2, 0) is 0 Å². The Bertz CT molecular complexity index is 1940. The van der Waals surface area contributed by atoms with Crippen LogP contribution in [0.5, 0.6) is 17.6 Å². The van der Waals surface area contributed by atoms with Crippen molar-refractivity contribution in [2.45, 2.75) is 62.4 Å². The number of phenolic OH excluding ortho intramolecular Hbond substituents is 1. The lowest BCUT2D eigenvalue weighted by Gasteiger charge is -2.33. The monoisotopic (exact) mass is 633 g/mol. The maximum atomic E-state index is 16.9. The van der Waals surface area contributed by atoms with E-state index in [1.807, 2.05) is 0 Å². The summed E-state index contributed by atoms with van der Waals surface area (Å²) in [6.07, 6.45) is 7.17. The van der Waals surface area contributed by atoms with Gasteiger partial charge < -0.3 is 19.5 Å². The molecule has 0 aliphatic carbocycles. The summed E-state index contributed by atoms with van der Waals surface area (Å²) in [6, 6.07) is 5.05. The molecule has 4 aliphatic rings. The third kappa shape index (κ3) is 4.42. The standard InChI is InChI=1S/C34H31F4N5O3/c1-2-22-24(36)8-7-18-12-21(44)13-23(26(18)22)29-28(38)30-27-31(43-10-5-3-4-6-20(43)16-45-32(27)39-29)41-33(40-30)46-17-34-14-19(35)15-42(34)11-9-25(34)37/h1,7-8,12-13,19-20,25,44H,3-6,9-11,14-17H2/t19-,20+,25?,34+/m1/s1. The number of aromatic hydroxyl groups is 1. The highest BCUT2D eigenvalue weighted by Gasteiger charge is 2.56. The Kier molecular flexibility index (Phi) is 6.86. The first-order valence-corrected chi connectivity index (χ1v) is 15.7. The van der Waals surface area contributed by atoms with Gasteiger partial charge in [-0.05, 0) is 42.8 Å². The molecule has 0 amide bonds. The van der Waals surface area contributed by atoms with Crippen molar-refractivity contribution in [2.75, 3.05) is 37.7 Å². The van der Waals surface area contributed by atoms with E-state index in [0.29, 0.717) is 24.3 Å². The van der Waals surface area contributed by atoms with Crippen molar-refractivity contribution < 1.29 is 32.1 Å². The van der Waals surface area contributed by atoms with Gasteiger partial charge in [-0.25, -0.2) is 22.5 Å². The van der Waals surface area contributed by atoms with Crippen LogP contribution >= 0.6 is 0 Å². The molecule has 4 aromatic rings. The normalized spacial score (nSPS) is 25.9. The van der Waals surface area contributed by atoms with Gasteiger partial charge in [-0.3, -0.25) is 4.90 Å². The van der Waals surface area contributed by atoms with Gasteiger partial charge in [-0.2, -0.15) is 9.97 Å². The molecule has 0 bridgehead atoms. The van der Waals surface area contributed by atoms with E-state index in [0.717, 1.165) is 25.7 Å². The van der Waals surface area contributed by atoms with Gasteiger partial charge in [0.05, 0.1) is 17.1 Å². The van der Waals surface area contributed by atoms with E-state index in [4.69, 9.17) is 20.9 Å². The summed E-state index contributed by atoms with van der Waals surface area (Å²) >= 11 is 0. The molecule has 8 rings (SSSR count). The van der Waals surface area contributed by atoms with Crippen molar-refractivity contribution in [3.05, 3.63) is 41.5 Å². The van der Waals surface area contributed by atoms with Crippen LogP contribution in [0, 0.1) is 24.0 Å². The van der Waals surface area contributed by atoms with Crippen LogP contribution < -0.4 is 14.4 Å². The van der Waals surface area contributed by atoms with Crippen LogP contribution in [0.15, 0.2) is 24.3 Å². The van der Waals surface area contributed by atoms with E-state index in [1.54, 1.807) is 4.90 Å². The van der Waals surface area contributed by atoms with Crippen molar-refractivity contribution in [1.29, 1.82) is 0 Å². The molecule has 0 spiro atoms. The summed E-state index contributed by atoms with van der Waals surface area (Å²) in [5.41, 5.74) is -1.61. The van der Waals surface area contributed by atoms with E-state index in [2.05, 4.69) is 20.8 Å². The molecule has 3 saturated heterocycles. The molecule has 0 saturated carbocycles. The highest BCUT2D eigenvalue weighted by Crippen LogP contribution is 2.45. The number of ether oxygens (including phenoxy) is 2. The fraction of sp³-hybridized carbons (Fsp3) is 0.441. The minimum atomic E-state index is -1.29. The Morgan fingerprint density at radius 2 is 1.93 bits per heavy atom. The van der Waals surface area contributed by atoms with Gasteiger partial charge in [0.2, 0.25) is 5.88 Å². The number of nitrogens with zero attached hydrogens (tertiary/aromatic N) is 5. The third-order valence-electron chi connectivity index (χ3n) is 10.0. The Labute approximate surface area is 262 Å². The van der Waals surface area contributed by atoms with Gasteiger partial charge in [-0.1, -0.05) is 24.8 Å². The summed E-state index contributed by atoms with van der Waals surface area (Å²) in [4.78, 5) is 17.7. The molecule has 2 aromatic heterocycles. The largest absolute Gasteiger partial charge is 0.508 e. The zero-order chi connectivity index (χ0) is 31.7. The van der Waals surface area contributed by atoms with Crippen LogP contribution in [0.2, 0.25) is 0 Å². The van der Waals surface area contributed by atoms with Crippen LogP contribution in [0.3, 0.4) is 0 Å². The zero-order valence-electron chi connectivity index (χ0n) is 24.9. The first-order chi connectivity index (χ1) is 22.3. The molecule has 1 N–H and O–H groups in total. The predicted molar refractivity (Wildman–Crippen MR) is 164 cm³/mol. The quantitative estimate of drug-likeness (QED) is 0.221. The molecule has 12 heteroatoms. The van der Waals surface area contributed by atoms with E-state index in [1.165, 1.54) is 24.3 Å². The topological polar surface area (TPSA) is 83.8 Å². The lowest BCUT2D eigenvalue weighted by molar-refractivity contribution is 0.0560. The number of phenols is 1. The molecule has 46 heavy (non-hydrogen) atoms. The van der Waals surface area contributed by atoms with Crippen molar-refractivity contribution in [2.24, 2.45) is 0 Å². The second-order valence-electron chi connectivity index (χ2n) is 12.7. The van der Waals surface area contributed by atoms with E-state index in [-0.39, 0.29) is 89.4 Å². The second kappa shape index (κ2) is 10.9. The first-order valence-electron chi connectivity index (χ1n) is 15.7. The number of aromatic nitrogens is 3. The number of halogens is 4. The number of terminal acetylenes is 1. The third-order valence-corrected chi connectivity index (χ3v) is 10.0. The predicted octanol–water partition coefficient (Wildman–Crippen LogP) is 5.85. The molecule has 2 aromatic carbocycles. The van der Waals surface area contributed by atoms with Gasteiger partial charge in [0.25, 0.3) is 0 Å². The lowest BCUT2D eigenvalue weighted by atomic mass is 9.93. The Morgan fingerprint density at radius 3 is 2.78 bits per heavy atom. The van der Waals surface area contributed by atoms with Crippen molar-refractivity contribution in [3.63, 3.8) is 0 Å². The molecule has 3 fully saturated rings. The average molecular weight is 634 g/mol. The van der Waals surface area contributed by atoms with Gasteiger partial charge in [0.15, 0.2) is 5.82 Å². The van der Waals surface area contributed by atoms with Crippen LogP contribution in [0.25, 0.3) is 32.9 Å². The number of pyridine rings is 1. The van der Waals surface area contributed by atoms with E-state index < -0.39 is 29.5 Å². The number of anilines is 1. The Morgan fingerprint density at radius 1 is 1.07 bits per heavy atom. The molecule has 4 aliphatic heterocycles. The Balaban J connectivity index is 1.33. The number of alkyl halides is 2. The number of hydrogen-bond donors (Lipinski definition) is 1. The SMILES string of the molecule is C#Cc1c(F)ccc2cc(O)cc(-c3nc4c5c(nc(OC[C@]67C[C@@H](F)CN6CCC7F)nc5c3F)N3CCCCC[C@H]3CO4)c12. The van der Waals surface area contributed by atoms with Gasteiger partial charge >= 0.3 is 6.01 Å². The van der Waals surface area contributed by atoms with Crippen molar-refractivity contribution >= 4 is 27.5 Å². The minimum absolute atomic E-state index is 0.0120. The zero-order valence-corrected chi connectivity index (χ0v) is 24.9. The molecular formula is C34H31F4N5O3. The summed E-state index contributed by atoms with van der Waals surface area (Å²) in [5, 5.41) is 11.4. The Hall–Kier alpha value is -4.37. The van der Waals surface area contributed by atoms with Crippen LogP contribution in [-0.4, -0.2) is 81.7 Å². The average Bonchev–Trinajstić information content (AvgIpc) is 3.33. The van der Waals surface area contributed by atoms with Crippen LogP contribution in [0.1, 0.15) is 44.1 Å². The summed E-state index contributed by atoms with van der Waals surface area (Å²) in [7, 11) is 0. The highest BCUT2D eigenvalue weighted by molar-refractivity contribution is 6.04. The molecule has 1 unspecified atom stereocenters. The molecule has 4 atom stereocenters. The molecule has 8 nitrogen and oxygen atoms in total. The first kappa shape index (κ1) is 29.1. The fourth-order valence-electron chi connectivity index (χ4n) is 7.82. The van der Waals surface area contributed by atoms with Crippen molar-refractivity contribution in [1.82, 2.24) is 19.9 Å². The lowest BCUT2D eigenvalue weighted by Crippen LogP contribution is -2.49. The van der Waals surface area contributed by atoms with E-state index in [9.17, 15) is 13.9 Å². The van der Waals surface area contributed by atoms with Crippen molar-refractivity contribution in [3.8, 4) is 41.2 Å². The summed E-state index contributed by atoms with van der Waals surface area (Å²) in [5.74, 6) is 1.06. The number of benzene rings is 2. The number of rotatable bonds is 4. The molecule has 6 heterocycles. The smallest absolute Gasteiger partial charge is 0.319 e. The number of hydrogen-bond acceptors (Lipinski definition) is 8. The molecule has 238 valence electrons. The fourth-order valence-corrected chi connectivity index (χ4v) is 7.82. The highest BCUT2D eigenvalue weighted by atomic mass is 19.1. The van der Waals surface area contributed by atoms with Crippen LogP contribution in [0.4, 0.5) is 23.4 Å². The number of fused-ring (bicyclic) bond motifs is 4. The minimum Gasteiger partial charge on any atom is -0.508 e. The maximum absolute atomic E-state index is 16.9. The molecule has 0 radical (unpaired) electrons. The van der Waals surface area contributed by atoms with E-state index >= 15 is 8.78 Å².